The van der Waals surface area contributed by atoms with Crippen LogP contribution in [0.25, 0.3) is 0 Å². The molecule has 0 aromatic carbocycles. The molecule has 0 aliphatic rings. The van der Waals surface area contributed by atoms with Gasteiger partial charge in [-0.1, -0.05) is 0 Å². The molecule has 3 N–H and O–H groups in total. The summed E-state index contributed by atoms with van der Waals surface area (Å²) in [5, 5.41) is 13.0. The van der Waals surface area contributed by atoms with Crippen molar-refractivity contribution >= 4 is 6.21 Å². The van der Waals surface area contributed by atoms with E-state index in [0.29, 0.717) is 0 Å². The highest BCUT2D eigenvalue weighted by molar-refractivity contribution is 5.74. The number of rotatable bonds is 3. The first-order chi connectivity index (χ1) is 4.99. The van der Waals surface area contributed by atoms with Crippen LogP contribution < -0.4 is 10.6 Å². The third-order valence-electron chi connectivity index (χ3n) is 1.10. The summed E-state index contributed by atoms with van der Waals surface area (Å²) in [6.45, 7) is 6.21. The van der Waals surface area contributed by atoms with Crippen molar-refractivity contribution in [3.05, 3.63) is 11.9 Å². The predicted octanol–water partition coefficient (Wildman–Crippen LogP) is 1.08. The largest absolute Gasteiger partial charge is 0.386 e. The molecule has 3 heteroatoms. The maximum atomic E-state index is 6.97. The van der Waals surface area contributed by atoms with Gasteiger partial charge in [-0.15, -0.1) is 0 Å². The van der Waals surface area contributed by atoms with Gasteiger partial charge in [-0.3, -0.25) is 0 Å². The normalized spacial score (nSPS) is 12.5. The summed E-state index contributed by atoms with van der Waals surface area (Å²) in [6.07, 6.45) is 3.08. The van der Waals surface area contributed by atoms with E-state index < -0.39 is 0 Å². The van der Waals surface area contributed by atoms with E-state index in [0.717, 1.165) is 5.70 Å². The molecule has 0 saturated carbocycles. The van der Waals surface area contributed by atoms with Gasteiger partial charge in [0.15, 0.2) is 0 Å². The third-order valence-corrected chi connectivity index (χ3v) is 1.10. The fourth-order valence-electron chi connectivity index (χ4n) is 0.480. The van der Waals surface area contributed by atoms with Gasteiger partial charge in [0.25, 0.3) is 0 Å². The third kappa shape index (κ3) is 5.45. The zero-order valence-corrected chi connectivity index (χ0v) is 7.65. The number of hydrogen-bond donors (Lipinski definition) is 3. The van der Waals surface area contributed by atoms with Gasteiger partial charge in [-0.05, 0) is 20.8 Å². The zero-order valence-electron chi connectivity index (χ0n) is 7.65. The van der Waals surface area contributed by atoms with E-state index in [1.165, 1.54) is 6.21 Å². The van der Waals surface area contributed by atoms with Gasteiger partial charge in [0.2, 0.25) is 0 Å². The lowest BCUT2D eigenvalue weighted by atomic mass is 10.1. The van der Waals surface area contributed by atoms with E-state index in [1.54, 1.807) is 13.2 Å². The molecule has 0 bridgehead atoms. The van der Waals surface area contributed by atoms with Crippen LogP contribution in [0.4, 0.5) is 0 Å². The van der Waals surface area contributed by atoms with Crippen LogP contribution >= 0.6 is 0 Å². The minimum atomic E-state index is 0.0606. The van der Waals surface area contributed by atoms with Gasteiger partial charge in [-0.2, -0.15) is 0 Å². The first kappa shape index (κ1) is 10.0. The molecule has 0 spiro atoms. The van der Waals surface area contributed by atoms with E-state index in [9.17, 15) is 0 Å². The fourth-order valence-corrected chi connectivity index (χ4v) is 0.480. The van der Waals surface area contributed by atoms with Crippen LogP contribution in [-0.4, -0.2) is 18.8 Å². The summed E-state index contributed by atoms with van der Waals surface area (Å²) in [5.74, 6) is 0. The Kier molecular flexibility index (Phi) is 3.65. The molecule has 0 radical (unpaired) electrons. The standard InChI is InChI=1S/C8H17N3/c1-8(2,3)11-6-7(5-9)10-4/h5-6,9-11H,1-4H3/b7-6+,9-5?. The van der Waals surface area contributed by atoms with Crippen molar-refractivity contribution in [2.75, 3.05) is 7.05 Å². The molecule has 0 aliphatic carbocycles. The summed E-state index contributed by atoms with van der Waals surface area (Å²) in [7, 11) is 1.79. The van der Waals surface area contributed by atoms with Crippen molar-refractivity contribution in [3.63, 3.8) is 0 Å². The molecule has 0 unspecified atom stereocenters. The van der Waals surface area contributed by atoms with Crippen molar-refractivity contribution < 1.29 is 0 Å². The molecule has 0 saturated heterocycles. The van der Waals surface area contributed by atoms with Crippen LogP contribution in [0.1, 0.15) is 20.8 Å². The Morgan fingerprint density at radius 1 is 1.36 bits per heavy atom. The van der Waals surface area contributed by atoms with Crippen molar-refractivity contribution in [1.29, 1.82) is 5.41 Å². The summed E-state index contributed by atoms with van der Waals surface area (Å²) in [6, 6.07) is 0. The molecule has 0 heterocycles. The second-order valence-corrected chi connectivity index (χ2v) is 3.39. The van der Waals surface area contributed by atoms with Crippen LogP contribution in [0.3, 0.4) is 0 Å². The van der Waals surface area contributed by atoms with E-state index in [-0.39, 0.29) is 5.54 Å². The molecule has 64 valence electrons. The molecule has 0 fully saturated rings. The first-order valence-corrected chi connectivity index (χ1v) is 3.65. The topological polar surface area (TPSA) is 47.9 Å². The van der Waals surface area contributed by atoms with Crippen LogP contribution in [0.5, 0.6) is 0 Å². The molecule has 11 heavy (non-hydrogen) atoms. The van der Waals surface area contributed by atoms with Crippen LogP contribution in [0.2, 0.25) is 0 Å². The monoisotopic (exact) mass is 155 g/mol. The van der Waals surface area contributed by atoms with E-state index >= 15 is 0 Å². The van der Waals surface area contributed by atoms with Crippen molar-refractivity contribution in [3.8, 4) is 0 Å². The van der Waals surface area contributed by atoms with Crippen molar-refractivity contribution in [2.24, 2.45) is 0 Å². The maximum absolute atomic E-state index is 6.97. The lowest BCUT2D eigenvalue weighted by molar-refractivity contribution is 0.489. The highest BCUT2D eigenvalue weighted by Gasteiger charge is 2.05. The highest BCUT2D eigenvalue weighted by Crippen LogP contribution is 1.98. The highest BCUT2D eigenvalue weighted by atomic mass is 15.0. The fraction of sp³-hybridized carbons (Fsp3) is 0.625. The zero-order chi connectivity index (χ0) is 8.91. The van der Waals surface area contributed by atoms with Crippen LogP contribution in [0, 0.1) is 5.41 Å². The number of allylic oxidation sites excluding steroid dienone is 1. The molecular weight excluding hydrogens is 138 g/mol. The Hall–Kier alpha value is -0.990. The molecule has 0 aromatic heterocycles. The van der Waals surface area contributed by atoms with E-state index in [1.807, 2.05) is 0 Å². The summed E-state index contributed by atoms with van der Waals surface area (Å²) >= 11 is 0. The van der Waals surface area contributed by atoms with Crippen molar-refractivity contribution in [1.82, 2.24) is 10.6 Å². The average Bonchev–Trinajstić information content (AvgIpc) is 1.88. The van der Waals surface area contributed by atoms with Crippen LogP contribution in [-0.2, 0) is 0 Å². The predicted molar refractivity (Wildman–Crippen MR) is 48.8 cm³/mol. The molecule has 0 atom stereocenters. The second kappa shape index (κ2) is 4.01. The van der Waals surface area contributed by atoms with Crippen molar-refractivity contribution in [2.45, 2.75) is 26.3 Å². The van der Waals surface area contributed by atoms with Gasteiger partial charge < -0.3 is 16.0 Å². The average molecular weight is 155 g/mol. The molecule has 0 rings (SSSR count). The number of nitrogens with one attached hydrogen (secondary N) is 3. The van der Waals surface area contributed by atoms with Crippen LogP contribution in [0.15, 0.2) is 11.9 Å². The number of hydrogen-bond acceptors (Lipinski definition) is 3. The Balaban J connectivity index is 3.99. The first-order valence-electron chi connectivity index (χ1n) is 3.65. The smallest absolute Gasteiger partial charge is 0.0676 e. The minimum Gasteiger partial charge on any atom is -0.386 e. The minimum absolute atomic E-state index is 0.0606. The summed E-state index contributed by atoms with van der Waals surface area (Å²) < 4.78 is 0. The summed E-state index contributed by atoms with van der Waals surface area (Å²) in [4.78, 5) is 0. The lowest BCUT2D eigenvalue weighted by Crippen LogP contribution is -2.32. The second-order valence-electron chi connectivity index (χ2n) is 3.39. The van der Waals surface area contributed by atoms with Gasteiger partial charge in [0.05, 0.1) is 5.70 Å². The van der Waals surface area contributed by atoms with Gasteiger partial charge in [-0.25, -0.2) is 0 Å². The van der Waals surface area contributed by atoms with E-state index in [4.69, 9.17) is 5.41 Å². The maximum Gasteiger partial charge on any atom is 0.0676 e. The molecule has 0 aromatic rings. The SMILES string of the molecule is CN/C(C=N)=C/NC(C)(C)C. The Bertz CT molecular complexity index is 153. The summed E-state index contributed by atoms with van der Waals surface area (Å²) in [5.41, 5.74) is 0.838. The molecule has 0 amide bonds. The Morgan fingerprint density at radius 2 is 1.91 bits per heavy atom. The molecule has 3 nitrogen and oxygen atoms in total. The Morgan fingerprint density at radius 3 is 2.18 bits per heavy atom. The van der Waals surface area contributed by atoms with E-state index in [2.05, 4.69) is 31.4 Å². The quantitative estimate of drug-likeness (QED) is 0.534. The lowest BCUT2D eigenvalue weighted by Gasteiger charge is -2.19. The van der Waals surface area contributed by atoms with Gasteiger partial charge in [0.1, 0.15) is 0 Å². The van der Waals surface area contributed by atoms with Gasteiger partial charge in [0, 0.05) is 25.0 Å². The molecular formula is C8H17N3. The van der Waals surface area contributed by atoms with Gasteiger partial charge >= 0.3 is 0 Å². The molecule has 0 aliphatic heterocycles. The Labute approximate surface area is 68.4 Å².